The van der Waals surface area contributed by atoms with Gasteiger partial charge in [-0.2, -0.15) is 5.10 Å². The summed E-state index contributed by atoms with van der Waals surface area (Å²) in [4.78, 5) is 12.8. The molecule has 0 saturated carbocycles. The number of aryl methyl sites for hydroxylation is 1. The van der Waals surface area contributed by atoms with Gasteiger partial charge in [-0.3, -0.25) is 4.79 Å². The summed E-state index contributed by atoms with van der Waals surface area (Å²) in [6.45, 7) is 1.82. The summed E-state index contributed by atoms with van der Waals surface area (Å²) < 4.78 is 25.2. The van der Waals surface area contributed by atoms with Gasteiger partial charge >= 0.3 is 0 Å². The SMILES string of the molecule is Cc1cc(NC(=O)C2CC(c3ccc(Cl)cc3)NN2)n(C2CCS(=O)(=O)C2)n1. The summed E-state index contributed by atoms with van der Waals surface area (Å²) in [7, 11) is -3.04. The maximum absolute atomic E-state index is 12.8. The molecule has 3 atom stereocenters. The average molecular weight is 424 g/mol. The number of hydrogen-bond donors (Lipinski definition) is 3. The smallest absolute Gasteiger partial charge is 0.244 e. The number of carbonyl (C=O) groups excluding carboxylic acids is 1. The Morgan fingerprint density at radius 3 is 2.71 bits per heavy atom. The Labute approximate surface area is 168 Å². The highest BCUT2D eigenvalue weighted by molar-refractivity contribution is 7.91. The van der Waals surface area contributed by atoms with Crippen molar-refractivity contribution in [3.05, 3.63) is 46.6 Å². The molecule has 0 spiro atoms. The summed E-state index contributed by atoms with van der Waals surface area (Å²) in [5, 5.41) is 7.97. The molecular formula is C18H22ClN5O3S. The van der Waals surface area contributed by atoms with E-state index in [-0.39, 0.29) is 29.5 Å². The van der Waals surface area contributed by atoms with Crippen LogP contribution in [-0.4, -0.2) is 41.7 Å². The minimum absolute atomic E-state index is 0.000335. The Kier molecular flexibility index (Phi) is 5.17. The number of carbonyl (C=O) groups is 1. The third-order valence-electron chi connectivity index (χ3n) is 5.16. The number of hydrogen-bond acceptors (Lipinski definition) is 6. The second-order valence-electron chi connectivity index (χ2n) is 7.34. The predicted octanol–water partition coefficient (Wildman–Crippen LogP) is 1.75. The van der Waals surface area contributed by atoms with Gasteiger partial charge in [0, 0.05) is 17.1 Å². The lowest BCUT2D eigenvalue weighted by atomic mass is 10.0. The molecule has 0 radical (unpaired) electrons. The minimum Gasteiger partial charge on any atom is -0.309 e. The standard InChI is InChI=1S/C18H22ClN5O3S/c1-11-8-17(24(23-11)14-6-7-28(26,27)10-14)20-18(25)16-9-15(21-22-16)12-2-4-13(19)5-3-12/h2-5,8,14-16,21-22H,6-7,9-10H2,1H3,(H,20,25). The zero-order valence-corrected chi connectivity index (χ0v) is 16.9. The van der Waals surface area contributed by atoms with Gasteiger partial charge in [0.1, 0.15) is 11.9 Å². The van der Waals surface area contributed by atoms with E-state index in [1.165, 1.54) is 0 Å². The van der Waals surface area contributed by atoms with Crippen molar-refractivity contribution in [3.8, 4) is 0 Å². The van der Waals surface area contributed by atoms with Gasteiger partial charge < -0.3 is 5.32 Å². The quantitative estimate of drug-likeness (QED) is 0.692. The van der Waals surface area contributed by atoms with Crippen LogP contribution in [0, 0.1) is 6.92 Å². The first-order chi connectivity index (χ1) is 13.3. The zero-order valence-electron chi connectivity index (χ0n) is 15.4. The third-order valence-corrected chi connectivity index (χ3v) is 7.16. The van der Waals surface area contributed by atoms with Crippen molar-refractivity contribution in [2.45, 2.75) is 37.9 Å². The number of nitrogens with one attached hydrogen (secondary N) is 3. The summed E-state index contributed by atoms with van der Waals surface area (Å²) in [5.41, 5.74) is 7.95. The van der Waals surface area contributed by atoms with E-state index < -0.39 is 15.9 Å². The molecule has 10 heteroatoms. The molecule has 4 rings (SSSR count). The lowest BCUT2D eigenvalue weighted by Gasteiger charge is -2.15. The van der Waals surface area contributed by atoms with Crippen LogP contribution in [0.5, 0.6) is 0 Å². The number of sulfone groups is 1. The molecule has 3 N–H and O–H groups in total. The highest BCUT2D eigenvalue weighted by Gasteiger charge is 2.33. The van der Waals surface area contributed by atoms with Gasteiger partial charge in [-0.05, 0) is 37.5 Å². The molecule has 2 aliphatic rings. The molecule has 3 unspecified atom stereocenters. The number of benzene rings is 1. The Bertz CT molecular complexity index is 989. The molecular weight excluding hydrogens is 402 g/mol. The summed E-state index contributed by atoms with van der Waals surface area (Å²) in [6.07, 6.45) is 1.09. The highest BCUT2D eigenvalue weighted by atomic mass is 35.5. The lowest BCUT2D eigenvalue weighted by Crippen LogP contribution is -2.40. The van der Waals surface area contributed by atoms with Crippen LogP contribution in [0.2, 0.25) is 5.02 Å². The number of hydrazine groups is 1. The Morgan fingerprint density at radius 2 is 2.04 bits per heavy atom. The third kappa shape index (κ3) is 4.07. The van der Waals surface area contributed by atoms with E-state index in [4.69, 9.17) is 11.6 Å². The fourth-order valence-electron chi connectivity index (χ4n) is 3.71. The van der Waals surface area contributed by atoms with Gasteiger partial charge in [-0.15, -0.1) is 0 Å². The predicted molar refractivity (Wildman–Crippen MR) is 107 cm³/mol. The molecule has 2 fully saturated rings. The van der Waals surface area contributed by atoms with E-state index in [9.17, 15) is 13.2 Å². The zero-order chi connectivity index (χ0) is 19.9. The maximum atomic E-state index is 12.8. The number of halogens is 1. The second-order valence-corrected chi connectivity index (χ2v) is 10.0. The first-order valence-corrected chi connectivity index (χ1v) is 11.3. The topological polar surface area (TPSA) is 105 Å². The van der Waals surface area contributed by atoms with Gasteiger partial charge in [-0.25, -0.2) is 24.0 Å². The van der Waals surface area contributed by atoms with Crippen molar-refractivity contribution in [1.29, 1.82) is 0 Å². The van der Waals surface area contributed by atoms with Crippen LogP contribution in [0.4, 0.5) is 5.82 Å². The second kappa shape index (κ2) is 7.47. The first kappa shape index (κ1) is 19.4. The fourth-order valence-corrected chi connectivity index (χ4v) is 5.53. The number of amides is 1. The molecule has 150 valence electrons. The van der Waals surface area contributed by atoms with E-state index in [2.05, 4.69) is 21.3 Å². The van der Waals surface area contributed by atoms with E-state index in [0.717, 1.165) is 11.3 Å². The molecule has 0 bridgehead atoms. The largest absolute Gasteiger partial charge is 0.309 e. The fraction of sp³-hybridized carbons (Fsp3) is 0.444. The Balaban J connectivity index is 1.44. The van der Waals surface area contributed by atoms with Crippen LogP contribution >= 0.6 is 11.6 Å². The van der Waals surface area contributed by atoms with Crippen molar-refractivity contribution in [2.75, 3.05) is 16.8 Å². The number of aromatic nitrogens is 2. The number of nitrogens with zero attached hydrogens (tertiary/aromatic N) is 2. The molecule has 2 saturated heterocycles. The molecule has 2 aliphatic heterocycles. The van der Waals surface area contributed by atoms with Crippen LogP contribution in [0.15, 0.2) is 30.3 Å². The maximum Gasteiger partial charge on any atom is 0.244 e. The molecule has 8 nitrogen and oxygen atoms in total. The molecule has 3 heterocycles. The highest BCUT2D eigenvalue weighted by Crippen LogP contribution is 2.28. The van der Waals surface area contributed by atoms with Gasteiger partial charge in [0.05, 0.1) is 23.2 Å². The summed E-state index contributed by atoms with van der Waals surface area (Å²) in [6, 6.07) is 8.61. The monoisotopic (exact) mass is 423 g/mol. The van der Waals surface area contributed by atoms with Gasteiger partial charge in [0.25, 0.3) is 0 Å². The number of anilines is 1. The van der Waals surface area contributed by atoms with Crippen molar-refractivity contribution in [2.24, 2.45) is 0 Å². The molecule has 2 aromatic rings. The Morgan fingerprint density at radius 1 is 1.29 bits per heavy atom. The van der Waals surface area contributed by atoms with Crippen molar-refractivity contribution >= 4 is 33.2 Å². The number of rotatable bonds is 4. The summed E-state index contributed by atoms with van der Waals surface area (Å²) >= 11 is 5.93. The van der Waals surface area contributed by atoms with E-state index in [1.54, 1.807) is 10.7 Å². The molecule has 1 aromatic carbocycles. The van der Waals surface area contributed by atoms with Gasteiger partial charge in [-0.1, -0.05) is 23.7 Å². The average Bonchev–Trinajstić information content (AvgIpc) is 3.34. The molecule has 0 aliphatic carbocycles. The lowest BCUT2D eigenvalue weighted by molar-refractivity contribution is -0.117. The molecule has 1 aromatic heterocycles. The van der Waals surface area contributed by atoms with Crippen LogP contribution in [-0.2, 0) is 14.6 Å². The minimum atomic E-state index is -3.04. The van der Waals surface area contributed by atoms with Crippen LogP contribution in [0.3, 0.4) is 0 Å². The van der Waals surface area contributed by atoms with Crippen LogP contribution < -0.4 is 16.2 Å². The van der Waals surface area contributed by atoms with Gasteiger partial charge in [0.2, 0.25) is 5.91 Å². The van der Waals surface area contributed by atoms with Crippen LogP contribution in [0.25, 0.3) is 0 Å². The van der Waals surface area contributed by atoms with E-state index in [0.29, 0.717) is 23.7 Å². The van der Waals surface area contributed by atoms with Crippen LogP contribution in [0.1, 0.15) is 36.2 Å². The Hall–Kier alpha value is -1.94. The van der Waals surface area contributed by atoms with Gasteiger partial charge in [0.15, 0.2) is 9.84 Å². The van der Waals surface area contributed by atoms with Crippen molar-refractivity contribution < 1.29 is 13.2 Å². The molecule has 1 amide bonds. The molecule has 28 heavy (non-hydrogen) atoms. The van der Waals surface area contributed by atoms with E-state index >= 15 is 0 Å². The summed E-state index contributed by atoms with van der Waals surface area (Å²) in [5.74, 6) is 0.548. The van der Waals surface area contributed by atoms with Crippen molar-refractivity contribution in [1.82, 2.24) is 20.6 Å². The van der Waals surface area contributed by atoms with Crippen molar-refractivity contribution in [3.63, 3.8) is 0 Å². The first-order valence-electron chi connectivity index (χ1n) is 9.15. The normalized spacial score (nSPS) is 26.4. The van der Waals surface area contributed by atoms with E-state index in [1.807, 2.05) is 31.2 Å².